The summed E-state index contributed by atoms with van der Waals surface area (Å²) in [5.74, 6) is 0.905. The molecule has 106 valence electrons. The van der Waals surface area contributed by atoms with E-state index in [1.807, 2.05) is 45.0 Å². The van der Waals surface area contributed by atoms with Crippen molar-refractivity contribution in [3.05, 3.63) is 41.5 Å². The number of benzene rings is 1. The molecule has 0 fully saturated rings. The van der Waals surface area contributed by atoms with Gasteiger partial charge in [0.05, 0.1) is 5.54 Å². The molecular formula is C14H18N4O2. The summed E-state index contributed by atoms with van der Waals surface area (Å²) in [6.45, 7) is 7.32. The molecule has 0 saturated carbocycles. The molecule has 2 N–H and O–H groups in total. The van der Waals surface area contributed by atoms with Crippen LogP contribution in [-0.4, -0.2) is 16.2 Å². The van der Waals surface area contributed by atoms with Crippen LogP contribution < -0.4 is 10.6 Å². The number of nitrogens with one attached hydrogen (secondary N) is 2. The molecule has 0 aliphatic heterocycles. The molecule has 0 aliphatic carbocycles. The van der Waals surface area contributed by atoms with E-state index in [-0.39, 0.29) is 6.03 Å². The van der Waals surface area contributed by atoms with Crippen molar-refractivity contribution in [2.45, 2.75) is 33.2 Å². The Kier molecular flexibility index (Phi) is 3.74. The average molecular weight is 274 g/mol. The molecule has 0 spiro atoms. The highest BCUT2D eigenvalue weighted by Gasteiger charge is 2.28. The van der Waals surface area contributed by atoms with Crippen LogP contribution in [0.5, 0.6) is 0 Å². The second-order valence-electron chi connectivity index (χ2n) is 5.21. The van der Waals surface area contributed by atoms with Gasteiger partial charge in [-0.15, -0.1) is 0 Å². The van der Waals surface area contributed by atoms with Gasteiger partial charge in [0.1, 0.15) is 0 Å². The van der Waals surface area contributed by atoms with E-state index in [0.717, 1.165) is 11.3 Å². The molecule has 2 amide bonds. The summed E-state index contributed by atoms with van der Waals surface area (Å²) in [5.41, 5.74) is 1.15. The first-order valence-electron chi connectivity index (χ1n) is 6.33. The summed E-state index contributed by atoms with van der Waals surface area (Å²) in [6, 6.07) is 7.24. The van der Waals surface area contributed by atoms with Crippen LogP contribution >= 0.6 is 0 Å². The van der Waals surface area contributed by atoms with E-state index in [0.29, 0.717) is 11.7 Å². The smallest absolute Gasteiger partial charge is 0.320 e. The van der Waals surface area contributed by atoms with Gasteiger partial charge in [-0.05, 0) is 32.9 Å². The van der Waals surface area contributed by atoms with Crippen LogP contribution in [0.1, 0.15) is 31.1 Å². The number of urea groups is 1. The van der Waals surface area contributed by atoms with Gasteiger partial charge in [-0.2, -0.15) is 4.98 Å². The SMILES string of the molecule is Cc1ccc(NC(=O)NC(C)(C)c2noc(C)n2)cc1. The molecular weight excluding hydrogens is 256 g/mol. The Hall–Kier alpha value is -2.37. The number of carbonyl (C=O) groups excluding carboxylic acids is 1. The second kappa shape index (κ2) is 5.32. The molecule has 0 atom stereocenters. The van der Waals surface area contributed by atoms with Gasteiger partial charge in [-0.25, -0.2) is 4.79 Å². The number of amides is 2. The van der Waals surface area contributed by atoms with Gasteiger partial charge in [0.15, 0.2) is 5.82 Å². The van der Waals surface area contributed by atoms with Crippen molar-refractivity contribution in [1.82, 2.24) is 15.5 Å². The third kappa shape index (κ3) is 3.34. The van der Waals surface area contributed by atoms with Gasteiger partial charge >= 0.3 is 6.03 Å². The zero-order chi connectivity index (χ0) is 14.8. The fraction of sp³-hybridized carbons (Fsp3) is 0.357. The van der Waals surface area contributed by atoms with Crippen LogP contribution in [0, 0.1) is 13.8 Å². The fourth-order valence-corrected chi connectivity index (χ4v) is 1.69. The minimum absolute atomic E-state index is 0.318. The first-order valence-corrected chi connectivity index (χ1v) is 6.33. The van der Waals surface area contributed by atoms with Crippen LogP contribution in [0.3, 0.4) is 0 Å². The number of rotatable bonds is 3. The molecule has 0 bridgehead atoms. The minimum atomic E-state index is -0.716. The predicted molar refractivity (Wildman–Crippen MR) is 75.4 cm³/mol. The molecule has 1 aromatic carbocycles. The Balaban J connectivity index is 2.02. The highest BCUT2D eigenvalue weighted by Crippen LogP contribution is 2.17. The third-order valence-electron chi connectivity index (χ3n) is 2.82. The summed E-state index contributed by atoms with van der Waals surface area (Å²) in [7, 11) is 0. The molecule has 1 aromatic heterocycles. The maximum atomic E-state index is 12.0. The van der Waals surface area contributed by atoms with Crippen LogP contribution in [-0.2, 0) is 5.54 Å². The molecule has 0 radical (unpaired) electrons. The van der Waals surface area contributed by atoms with Crippen molar-refractivity contribution in [3.63, 3.8) is 0 Å². The standard InChI is InChI=1S/C14H18N4O2/c1-9-5-7-11(8-6-9)16-13(19)17-14(3,4)12-15-10(2)20-18-12/h5-8H,1-4H3,(H2,16,17,19). The highest BCUT2D eigenvalue weighted by atomic mass is 16.5. The molecule has 6 heteroatoms. The van der Waals surface area contributed by atoms with E-state index in [1.165, 1.54) is 0 Å². The summed E-state index contributed by atoms with van der Waals surface area (Å²) in [6.07, 6.45) is 0. The Labute approximate surface area is 117 Å². The number of nitrogens with zero attached hydrogens (tertiary/aromatic N) is 2. The quantitative estimate of drug-likeness (QED) is 0.901. The topological polar surface area (TPSA) is 80.0 Å². The van der Waals surface area contributed by atoms with Crippen LogP contribution in [0.25, 0.3) is 0 Å². The lowest BCUT2D eigenvalue weighted by Gasteiger charge is -2.22. The van der Waals surface area contributed by atoms with Crippen molar-refractivity contribution >= 4 is 11.7 Å². The highest BCUT2D eigenvalue weighted by molar-refractivity contribution is 5.89. The lowest BCUT2D eigenvalue weighted by atomic mass is 10.1. The summed E-state index contributed by atoms with van der Waals surface area (Å²) in [4.78, 5) is 16.1. The largest absolute Gasteiger partial charge is 0.340 e. The minimum Gasteiger partial charge on any atom is -0.340 e. The van der Waals surface area contributed by atoms with Crippen molar-refractivity contribution in [1.29, 1.82) is 0 Å². The number of aromatic nitrogens is 2. The van der Waals surface area contributed by atoms with Crippen molar-refractivity contribution in [2.75, 3.05) is 5.32 Å². The second-order valence-corrected chi connectivity index (χ2v) is 5.21. The third-order valence-corrected chi connectivity index (χ3v) is 2.82. The van der Waals surface area contributed by atoms with E-state index in [1.54, 1.807) is 6.92 Å². The van der Waals surface area contributed by atoms with E-state index in [9.17, 15) is 4.79 Å². The number of anilines is 1. The maximum Gasteiger partial charge on any atom is 0.320 e. The van der Waals surface area contributed by atoms with Gasteiger partial charge in [0.25, 0.3) is 0 Å². The van der Waals surface area contributed by atoms with E-state index < -0.39 is 5.54 Å². The molecule has 0 unspecified atom stereocenters. The molecule has 2 aromatic rings. The zero-order valence-electron chi connectivity index (χ0n) is 12.0. The Morgan fingerprint density at radius 1 is 1.20 bits per heavy atom. The van der Waals surface area contributed by atoms with Crippen LogP contribution in [0.4, 0.5) is 10.5 Å². The van der Waals surface area contributed by atoms with Gasteiger partial charge < -0.3 is 15.2 Å². The molecule has 0 saturated heterocycles. The van der Waals surface area contributed by atoms with Crippen molar-refractivity contribution < 1.29 is 9.32 Å². The molecule has 20 heavy (non-hydrogen) atoms. The Morgan fingerprint density at radius 3 is 2.40 bits per heavy atom. The van der Waals surface area contributed by atoms with Gasteiger partial charge in [0.2, 0.25) is 5.89 Å². The molecule has 2 rings (SSSR count). The lowest BCUT2D eigenvalue weighted by molar-refractivity contribution is 0.239. The van der Waals surface area contributed by atoms with Crippen LogP contribution in [0.15, 0.2) is 28.8 Å². The number of hydrogen-bond acceptors (Lipinski definition) is 4. The number of carbonyl (C=O) groups is 1. The summed E-state index contributed by atoms with van der Waals surface area (Å²) >= 11 is 0. The maximum absolute atomic E-state index is 12.0. The molecule has 6 nitrogen and oxygen atoms in total. The average Bonchev–Trinajstić information content (AvgIpc) is 2.79. The summed E-state index contributed by atoms with van der Waals surface area (Å²) in [5, 5.41) is 9.41. The molecule has 1 heterocycles. The van der Waals surface area contributed by atoms with E-state index in [4.69, 9.17) is 4.52 Å². The molecule has 0 aliphatic rings. The van der Waals surface area contributed by atoms with E-state index >= 15 is 0 Å². The normalized spacial score (nSPS) is 11.2. The summed E-state index contributed by atoms with van der Waals surface area (Å²) < 4.78 is 4.93. The van der Waals surface area contributed by atoms with Gasteiger partial charge in [0, 0.05) is 12.6 Å². The number of aryl methyl sites for hydroxylation is 2. The number of hydrogen-bond donors (Lipinski definition) is 2. The van der Waals surface area contributed by atoms with Crippen molar-refractivity contribution in [3.8, 4) is 0 Å². The first kappa shape index (κ1) is 14.0. The van der Waals surface area contributed by atoms with Gasteiger partial charge in [-0.3, -0.25) is 0 Å². The Morgan fingerprint density at radius 2 is 1.85 bits per heavy atom. The monoisotopic (exact) mass is 274 g/mol. The predicted octanol–water partition coefficient (Wildman–Crippen LogP) is 2.74. The zero-order valence-corrected chi connectivity index (χ0v) is 12.0. The van der Waals surface area contributed by atoms with Crippen molar-refractivity contribution in [2.24, 2.45) is 0 Å². The van der Waals surface area contributed by atoms with E-state index in [2.05, 4.69) is 20.8 Å². The lowest BCUT2D eigenvalue weighted by Crippen LogP contribution is -2.44. The fourth-order valence-electron chi connectivity index (χ4n) is 1.69. The van der Waals surface area contributed by atoms with Crippen LogP contribution in [0.2, 0.25) is 0 Å². The van der Waals surface area contributed by atoms with Gasteiger partial charge in [-0.1, -0.05) is 22.9 Å². The first-order chi connectivity index (χ1) is 9.37. The Bertz CT molecular complexity index is 602.